The van der Waals surface area contributed by atoms with Crippen molar-refractivity contribution in [1.82, 2.24) is 14.9 Å². The summed E-state index contributed by atoms with van der Waals surface area (Å²) in [6.45, 7) is 5.00. The number of nitrogens with two attached hydrogens (primary N) is 1. The molecule has 1 saturated carbocycles. The number of rotatable bonds is 9. The number of hydrogen-bond donors (Lipinski definition) is 3. The van der Waals surface area contributed by atoms with Gasteiger partial charge in [0.25, 0.3) is 0 Å². The van der Waals surface area contributed by atoms with Crippen LogP contribution >= 0.6 is 0 Å². The molecule has 7 heteroatoms. The van der Waals surface area contributed by atoms with Gasteiger partial charge in [-0.25, -0.2) is 15.8 Å². The van der Waals surface area contributed by atoms with E-state index in [1.54, 1.807) is 0 Å². The topological polar surface area (TPSA) is 88.3 Å². The summed E-state index contributed by atoms with van der Waals surface area (Å²) in [6, 6.07) is 0. The molecule has 1 aromatic rings. The fourth-order valence-corrected chi connectivity index (χ4v) is 1.96. The SMILES string of the molecule is Cc1c(NN)nc(C2CC2)nc1NCCOCCN(C)C. The van der Waals surface area contributed by atoms with Gasteiger partial charge in [0.05, 0.1) is 13.2 Å². The minimum absolute atomic E-state index is 0.495. The standard InChI is InChI=1S/C14H26N6O/c1-10-12(16-6-8-21-9-7-20(2)3)17-14(11-4-5-11)18-13(10)19-15/h11H,4-9,15H2,1-3H3,(H2,16,17,18,19). The fraction of sp³-hybridized carbons (Fsp3) is 0.714. The number of likely N-dealkylation sites (N-methyl/N-ethyl adjacent to an activating group) is 1. The number of aromatic nitrogens is 2. The lowest BCUT2D eigenvalue weighted by Crippen LogP contribution is -2.20. The van der Waals surface area contributed by atoms with Gasteiger partial charge in [-0.05, 0) is 33.9 Å². The van der Waals surface area contributed by atoms with Gasteiger partial charge in [-0.1, -0.05) is 0 Å². The van der Waals surface area contributed by atoms with Crippen LogP contribution in [0, 0.1) is 6.92 Å². The fourth-order valence-electron chi connectivity index (χ4n) is 1.96. The molecule has 0 atom stereocenters. The molecule has 7 nitrogen and oxygen atoms in total. The second-order valence-electron chi connectivity index (χ2n) is 5.67. The molecule has 1 heterocycles. The zero-order valence-corrected chi connectivity index (χ0v) is 13.1. The van der Waals surface area contributed by atoms with Crippen molar-refractivity contribution < 1.29 is 4.74 Å². The molecule has 0 aromatic carbocycles. The first kappa shape index (κ1) is 15.9. The van der Waals surface area contributed by atoms with Crippen LogP contribution in [0.4, 0.5) is 11.6 Å². The second-order valence-corrected chi connectivity index (χ2v) is 5.67. The highest BCUT2D eigenvalue weighted by molar-refractivity contribution is 5.57. The number of anilines is 2. The van der Waals surface area contributed by atoms with Crippen LogP contribution in [0.5, 0.6) is 0 Å². The largest absolute Gasteiger partial charge is 0.378 e. The van der Waals surface area contributed by atoms with Crippen LogP contribution in [0.15, 0.2) is 0 Å². The molecule has 0 spiro atoms. The first-order chi connectivity index (χ1) is 10.1. The van der Waals surface area contributed by atoms with Crippen LogP contribution in [-0.2, 0) is 4.74 Å². The number of ether oxygens (including phenoxy) is 1. The third kappa shape index (κ3) is 4.80. The lowest BCUT2D eigenvalue weighted by atomic mass is 10.3. The van der Waals surface area contributed by atoms with Crippen molar-refractivity contribution in [2.24, 2.45) is 5.84 Å². The average Bonchev–Trinajstić information content (AvgIpc) is 3.28. The van der Waals surface area contributed by atoms with Gasteiger partial charge in [-0.3, -0.25) is 0 Å². The van der Waals surface area contributed by atoms with Crippen LogP contribution < -0.4 is 16.6 Å². The number of nitrogens with zero attached hydrogens (tertiary/aromatic N) is 3. The average molecular weight is 294 g/mol. The maximum absolute atomic E-state index is 5.56. The van der Waals surface area contributed by atoms with E-state index in [-0.39, 0.29) is 0 Å². The van der Waals surface area contributed by atoms with Crippen LogP contribution in [0.3, 0.4) is 0 Å². The quantitative estimate of drug-likeness (QED) is 0.355. The van der Waals surface area contributed by atoms with Crippen LogP contribution in [-0.4, -0.2) is 55.3 Å². The van der Waals surface area contributed by atoms with Gasteiger partial charge in [0.1, 0.15) is 17.5 Å². The highest BCUT2D eigenvalue weighted by atomic mass is 16.5. The molecule has 1 aliphatic carbocycles. The molecule has 0 amide bonds. The highest BCUT2D eigenvalue weighted by Gasteiger charge is 2.28. The van der Waals surface area contributed by atoms with Gasteiger partial charge < -0.3 is 20.4 Å². The summed E-state index contributed by atoms with van der Waals surface area (Å²) >= 11 is 0. The van der Waals surface area contributed by atoms with E-state index in [4.69, 9.17) is 10.6 Å². The molecule has 4 N–H and O–H groups in total. The molecule has 1 fully saturated rings. The lowest BCUT2D eigenvalue weighted by Gasteiger charge is -2.14. The van der Waals surface area contributed by atoms with Gasteiger partial charge in [0.2, 0.25) is 0 Å². The molecule has 1 aliphatic rings. The Kier molecular flexibility index (Phi) is 5.72. The van der Waals surface area contributed by atoms with Gasteiger partial charge in [-0.2, -0.15) is 0 Å². The summed E-state index contributed by atoms with van der Waals surface area (Å²) in [5, 5.41) is 3.31. The van der Waals surface area contributed by atoms with E-state index in [0.717, 1.165) is 36.9 Å². The Hall–Kier alpha value is -1.44. The van der Waals surface area contributed by atoms with E-state index in [0.29, 0.717) is 18.3 Å². The number of nitrogen functional groups attached to an aromatic ring is 1. The van der Waals surface area contributed by atoms with Gasteiger partial charge in [0.15, 0.2) is 0 Å². The molecular formula is C14H26N6O. The first-order valence-corrected chi connectivity index (χ1v) is 7.43. The predicted octanol–water partition coefficient (Wildman–Crippen LogP) is 0.938. The molecule has 0 aliphatic heterocycles. The Morgan fingerprint density at radius 3 is 2.57 bits per heavy atom. The van der Waals surface area contributed by atoms with E-state index in [1.807, 2.05) is 21.0 Å². The summed E-state index contributed by atoms with van der Waals surface area (Å²) < 4.78 is 5.56. The van der Waals surface area contributed by atoms with E-state index < -0.39 is 0 Å². The van der Waals surface area contributed by atoms with Gasteiger partial charge >= 0.3 is 0 Å². The number of nitrogens with one attached hydrogen (secondary N) is 2. The van der Waals surface area contributed by atoms with Crippen molar-refractivity contribution in [3.05, 3.63) is 11.4 Å². The van der Waals surface area contributed by atoms with Crippen LogP contribution in [0.2, 0.25) is 0 Å². The lowest BCUT2D eigenvalue weighted by molar-refractivity contribution is 0.126. The maximum Gasteiger partial charge on any atom is 0.148 e. The minimum Gasteiger partial charge on any atom is -0.378 e. The zero-order valence-electron chi connectivity index (χ0n) is 13.1. The molecule has 0 saturated heterocycles. The van der Waals surface area contributed by atoms with Crippen molar-refractivity contribution in [3.8, 4) is 0 Å². The second kappa shape index (κ2) is 7.53. The normalized spacial score (nSPS) is 14.5. The van der Waals surface area contributed by atoms with E-state index in [2.05, 4.69) is 25.6 Å². The number of hydrazine groups is 1. The van der Waals surface area contributed by atoms with Crippen LogP contribution in [0.1, 0.15) is 30.1 Å². The third-order valence-corrected chi connectivity index (χ3v) is 3.46. The third-order valence-electron chi connectivity index (χ3n) is 3.46. The predicted molar refractivity (Wildman–Crippen MR) is 84.4 cm³/mol. The van der Waals surface area contributed by atoms with Crippen molar-refractivity contribution >= 4 is 11.6 Å². The molecule has 1 aromatic heterocycles. The summed E-state index contributed by atoms with van der Waals surface area (Å²) in [6.07, 6.45) is 2.33. The molecular weight excluding hydrogens is 268 g/mol. The Morgan fingerprint density at radius 1 is 1.24 bits per heavy atom. The monoisotopic (exact) mass is 294 g/mol. The molecule has 118 valence electrons. The van der Waals surface area contributed by atoms with E-state index in [9.17, 15) is 0 Å². The molecule has 0 bridgehead atoms. The molecule has 21 heavy (non-hydrogen) atoms. The smallest absolute Gasteiger partial charge is 0.148 e. The van der Waals surface area contributed by atoms with Crippen molar-refractivity contribution in [2.75, 3.05) is 51.1 Å². The Bertz CT molecular complexity index is 461. The van der Waals surface area contributed by atoms with Crippen molar-refractivity contribution in [1.29, 1.82) is 0 Å². The Morgan fingerprint density at radius 2 is 1.95 bits per heavy atom. The van der Waals surface area contributed by atoms with Gasteiger partial charge in [0, 0.05) is 24.6 Å². The maximum atomic E-state index is 5.56. The first-order valence-electron chi connectivity index (χ1n) is 7.43. The summed E-state index contributed by atoms with van der Waals surface area (Å²) in [4.78, 5) is 11.2. The Balaban J connectivity index is 1.85. The summed E-state index contributed by atoms with van der Waals surface area (Å²) in [7, 11) is 4.07. The summed E-state index contributed by atoms with van der Waals surface area (Å²) in [5.41, 5.74) is 3.59. The van der Waals surface area contributed by atoms with Gasteiger partial charge in [-0.15, -0.1) is 0 Å². The zero-order chi connectivity index (χ0) is 15.2. The van der Waals surface area contributed by atoms with Crippen LogP contribution in [0.25, 0.3) is 0 Å². The van der Waals surface area contributed by atoms with Crippen molar-refractivity contribution in [3.63, 3.8) is 0 Å². The van der Waals surface area contributed by atoms with Crippen molar-refractivity contribution in [2.45, 2.75) is 25.7 Å². The Labute approximate surface area is 126 Å². The number of hydrogen-bond acceptors (Lipinski definition) is 7. The molecule has 0 radical (unpaired) electrons. The highest BCUT2D eigenvalue weighted by Crippen LogP contribution is 2.39. The van der Waals surface area contributed by atoms with E-state index in [1.165, 1.54) is 12.8 Å². The minimum atomic E-state index is 0.495. The molecule has 2 rings (SSSR count). The van der Waals surface area contributed by atoms with E-state index >= 15 is 0 Å². The molecule has 0 unspecified atom stereocenters. The summed E-state index contributed by atoms with van der Waals surface area (Å²) in [5.74, 6) is 8.45.